The van der Waals surface area contributed by atoms with Crippen molar-refractivity contribution in [3.05, 3.63) is 47.9 Å². The molecule has 0 saturated carbocycles. The van der Waals surface area contributed by atoms with Crippen molar-refractivity contribution in [3.8, 4) is 0 Å². The van der Waals surface area contributed by atoms with E-state index < -0.39 is 0 Å². The highest BCUT2D eigenvalue weighted by Gasteiger charge is 2.07. The zero-order valence-electron chi connectivity index (χ0n) is 15.1. The number of urea groups is 1. The van der Waals surface area contributed by atoms with Gasteiger partial charge in [0.05, 0.1) is 6.26 Å². The fourth-order valence-corrected chi connectivity index (χ4v) is 2.19. The van der Waals surface area contributed by atoms with Crippen molar-refractivity contribution in [1.29, 1.82) is 0 Å². The average molecular weight is 359 g/mol. The monoisotopic (exact) mass is 359 g/mol. The zero-order valence-corrected chi connectivity index (χ0v) is 15.1. The first-order valence-electron chi connectivity index (χ1n) is 8.64. The van der Waals surface area contributed by atoms with Gasteiger partial charge in [0.25, 0.3) is 0 Å². The minimum Gasteiger partial charge on any atom is -0.467 e. The fourth-order valence-electron chi connectivity index (χ4n) is 2.19. The average Bonchev–Trinajstić information content (AvgIpc) is 3.14. The Hall–Kier alpha value is -2.80. The maximum Gasteiger partial charge on any atom is 0.319 e. The third-order valence-electron chi connectivity index (χ3n) is 3.67. The highest BCUT2D eigenvalue weighted by atomic mass is 16.5. The smallest absolute Gasteiger partial charge is 0.319 e. The molecule has 1 aromatic carbocycles. The lowest BCUT2D eigenvalue weighted by Crippen LogP contribution is -2.30. The van der Waals surface area contributed by atoms with Gasteiger partial charge in [-0.2, -0.15) is 0 Å². The van der Waals surface area contributed by atoms with Gasteiger partial charge < -0.3 is 25.1 Å². The third kappa shape index (κ3) is 6.60. The van der Waals surface area contributed by atoms with Gasteiger partial charge in [0.2, 0.25) is 5.91 Å². The van der Waals surface area contributed by atoms with Crippen LogP contribution >= 0.6 is 0 Å². The number of rotatable bonds is 9. The summed E-state index contributed by atoms with van der Waals surface area (Å²) in [6, 6.07) is 8.78. The summed E-state index contributed by atoms with van der Waals surface area (Å²) >= 11 is 0. The second kappa shape index (κ2) is 10.2. The maximum atomic E-state index is 12.0. The molecule has 3 N–H and O–H groups in total. The molecule has 2 aromatic rings. The number of amides is 3. The van der Waals surface area contributed by atoms with Gasteiger partial charge in [-0.25, -0.2) is 4.79 Å². The molecule has 0 spiro atoms. The van der Waals surface area contributed by atoms with Crippen molar-refractivity contribution in [3.63, 3.8) is 0 Å². The second-order valence-electron chi connectivity index (χ2n) is 5.80. The Balaban J connectivity index is 1.69. The number of nitrogens with one attached hydrogen (secondary N) is 3. The predicted octanol–water partition coefficient (Wildman–Crippen LogP) is 3.66. The van der Waals surface area contributed by atoms with E-state index in [-0.39, 0.29) is 11.9 Å². The van der Waals surface area contributed by atoms with Gasteiger partial charge >= 0.3 is 6.03 Å². The van der Waals surface area contributed by atoms with Gasteiger partial charge in [0, 0.05) is 30.9 Å². The van der Waals surface area contributed by atoms with E-state index in [1.54, 1.807) is 19.3 Å². The van der Waals surface area contributed by atoms with E-state index in [1.807, 2.05) is 31.2 Å². The molecule has 0 atom stereocenters. The number of benzene rings is 1. The van der Waals surface area contributed by atoms with Crippen LogP contribution in [0.2, 0.25) is 0 Å². The van der Waals surface area contributed by atoms with Crippen molar-refractivity contribution in [2.45, 2.75) is 33.3 Å². The summed E-state index contributed by atoms with van der Waals surface area (Å²) in [5, 5.41) is 8.36. The standard InChI is InChI=1S/C19H25N3O4/c1-3-18(23)21-15-8-7-14(2)17(12-15)22-19(24)20-9-5-10-25-13-16-6-4-11-26-16/h4,6-8,11-12H,3,5,9-10,13H2,1-2H3,(H,21,23)(H2,20,22,24). The quantitative estimate of drug-likeness (QED) is 0.596. The molecular formula is C19H25N3O4. The molecule has 140 valence electrons. The van der Waals surface area contributed by atoms with Crippen LogP contribution in [0.25, 0.3) is 0 Å². The first-order chi connectivity index (χ1) is 12.6. The summed E-state index contributed by atoms with van der Waals surface area (Å²) in [6.07, 6.45) is 2.70. The molecule has 0 aliphatic carbocycles. The largest absolute Gasteiger partial charge is 0.467 e. The number of ether oxygens (including phenoxy) is 1. The molecule has 0 unspecified atom stereocenters. The van der Waals surface area contributed by atoms with E-state index in [9.17, 15) is 9.59 Å². The normalized spacial score (nSPS) is 10.4. The molecule has 0 aliphatic heterocycles. The third-order valence-corrected chi connectivity index (χ3v) is 3.67. The molecule has 26 heavy (non-hydrogen) atoms. The molecule has 0 bridgehead atoms. The lowest BCUT2D eigenvalue weighted by atomic mass is 10.2. The summed E-state index contributed by atoms with van der Waals surface area (Å²) in [7, 11) is 0. The van der Waals surface area contributed by atoms with Crippen molar-refractivity contribution in [1.82, 2.24) is 5.32 Å². The van der Waals surface area contributed by atoms with E-state index in [4.69, 9.17) is 9.15 Å². The van der Waals surface area contributed by atoms with Crippen LogP contribution in [0.3, 0.4) is 0 Å². The van der Waals surface area contributed by atoms with E-state index in [0.717, 1.165) is 11.3 Å². The van der Waals surface area contributed by atoms with Gasteiger partial charge in [-0.15, -0.1) is 0 Å². The van der Waals surface area contributed by atoms with Crippen molar-refractivity contribution >= 4 is 23.3 Å². The molecule has 0 saturated heterocycles. The highest BCUT2D eigenvalue weighted by Crippen LogP contribution is 2.20. The van der Waals surface area contributed by atoms with E-state index in [2.05, 4.69) is 16.0 Å². The van der Waals surface area contributed by atoms with Gasteiger partial charge in [-0.1, -0.05) is 13.0 Å². The number of hydrogen-bond donors (Lipinski definition) is 3. The maximum absolute atomic E-state index is 12.0. The number of carbonyl (C=O) groups excluding carboxylic acids is 2. The summed E-state index contributed by atoms with van der Waals surface area (Å²) in [4.78, 5) is 23.5. The molecule has 0 aliphatic rings. The van der Waals surface area contributed by atoms with Gasteiger partial charge in [0.15, 0.2) is 0 Å². The van der Waals surface area contributed by atoms with Crippen LogP contribution in [-0.2, 0) is 16.1 Å². The lowest BCUT2D eigenvalue weighted by molar-refractivity contribution is -0.115. The van der Waals surface area contributed by atoms with Gasteiger partial charge in [-0.05, 0) is 43.2 Å². The van der Waals surface area contributed by atoms with Crippen LogP contribution in [0.15, 0.2) is 41.0 Å². The minimum atomic E-state index is -0.293. The van der Waals surface area contributed by atoms with Crippen molar-refractivity contribution in [2.24, 2.45) is 0 Å². The van der Waals surface area contributed by atoms with Crippen molar-refractivity contribution < 1.29 is 18.7 Å². The molecule has 1 aromatic heterocycles. The second-order valence-corrected chi connectivity index (χ2v) is 5.80. The van der Waals surface area contributed by atoms with Crippen LogP contribution in [0.1, 0.15) is 31.1 Å². The SMILES string of the molecule is CCC(=O)Nc1ccc(C)c(NC(=O)NCCCOCc2ccco2)c1. The topological polar surface area (TPSA) is 92.6 Å². The highest BCUT2D eigenvalue weighted by molar-refractivity contribution is 5.94. The molecule has 2 rings (SSSR count). The number of anilines is 2. The van der Waals surface area contributed by atoms with Gasteiger partial charge in [0.1, 0.15) is 12.4 Å². The predicted molar refractivity (Wildman–Crippen MR) is 100 cm³/mol. The molecule has 3 amide bonds. The van der Waals surface area contributed by atoms with Crippen LogP contribution in [0.5, 0.6) is 0 Å². The number of aryl methyl sites for hydroxylation is 1. The lowest BCUT2D eigenvalue weighted by Gasteiger charge is -2.12. The summed E-state index contributed by atoms with van der Waals surface area (Å²) in [5.41, 5.74) is 2.23. The molecule has 0 radical (unpaired) electrons. The summed E-state index contributed by atoms with van der Waals surface area (Å²) in [6.45, 7) is 5.13. The fraction of sp³-hybridized carbons (Fsp3) is 0.368. The first-order valence-corrected chi connectivity index (χ1v) is 8.64. The Labute approximate surface area is 153 Å². The summed E-state index contributed by atoms with van der Waals surface area (Å²) in [5.74, 6) is 0.708. The summed E-state index contributed by atoms with van der Waals surface area (Å²) < 4.78 is 10.6. The zero-order chi connectivity index (χ0) is 18.8. The Morgan fingerprint density at radius 3 is 2.77 bits per heavy atom. The first kappa shape index (κ1) is 19.5. The Bertz CT molecular complexity index is 714. The Morgan fingerprint density at radius 1 is 1.19 bits per heavy atom. The number of hydrogen-bond acceptors (Lipinski definition) is 4. The Kier molecular flexibility index (Phi) is 7.70. The van der Waals surface area contributed by atoms with Crippen LogP contribution in [0, 0.1) is 6.92 Å². The molecular weight excluding hydrogens is 334 g/mol. The van der Waals surface area contributed by atoms with Gasteiger partial charge in [-0.3, -0.25) is 4.79 Å². The minimum absolute atomic E-state index is 0.0706. The number of carbonyl (C=O) groups is 2. The van der Waals surface area contributed by atoms with Crippen LogP contribution in [0.4, 0.5) is 16.2 Å². The van der Waals surface area contributed by atoms with Crippen LogP contribution in [-0.4, -0.2) is 25.1 Å². The van der Waals surface area contributed by atoms with Crippen molar-refractivity contribution in [2.75, 3.05) is 23.8 Å². The molecule has 1 heterocycles. The van der Waals surface area contributed by atoms with Crippen LogP contribution < -0.4 is 16.0 Å². The molecule has 0 fully saturated rings. The van der Waals surface area contributed by atoms with E-state index >= 15 is 0 Å². The number of furan rings is 1. The van der Waals surface area contributed by atoms with E-state index in [1.165, 1.54) is 0 Å². The molecule has 7 nitrogen and oxygen atoms in total. The Morgan fingerprint density at radius 2 is 2.04 bits per heavy atom. The molecule has 7 heteroatoms. The van der Waals surface area contributed by atoms with E-state index in [0.29, 0.717) is 44.0 Å².